The number of aromatic nitrogens is 1. The number of nitrogens with zero attached hydrogens (tertiary/aromatic N) is 2. The molecule has 0 unspecified atom stereocenters. The standard InChI is InChI=1S/C61H38N2S/c1-2-14-39(15-3-1)40-26-28-41(29-27-40)62(43-30-33-48-47-18-6-11-23-55(47)61(56(48)37-43)53-21-9-4-16-45(53)46-17-5-10-22-54(46)61)44-31-34-51-52-36-42(32-35-59(52)64-60(51)38-44)63-57-24-12-7-19-49(57)50-20-8-13-25-58(50)63/h1-38H. The maximum absolute atomic E-state index is 2.49. The van der Waals surface area contributed by atoms with Crippen LogP contribution in [0.1, 0.15) is 22.3 Å². The maximum Gasteiger partial charge on any atom is 0.0726 e. The summed E-state index contributed by atoms with van der Waals surface area (Å²) >= 11 is 1.87. The third-order valence-corrected chi connectivity index (χ3v) is 15.1. The smallest absolute Gasteiger partial charge is 0.0726 e. The van der Waals surface area contributed by atoms with Crippen LogP contribution in [0.3, 0.4) is 0 Å². The van der Waals surface area contributed by atoms with E-state index in [1.165, 1.54) is 103 Å². The van der Waals surface area contributed by atoms with Crippen LogP contribution in [0.25, 0.3) is 81.0 Å². The lowest BCUT2D eigenvalue weighted by Gasteiger charge is -2.32. The molecule has 0 saturated carbocycles. The predicted octanol–water partition coefficient (Wildman–Crippen LogP) is 16.6. The number of anilines is 3. The number of hydrogen-bond donors (Lipinski definition) is 0. The van der Waals surface area contributed by atoms with Crippen LogP contribution in [0, 0.1) is 0 Å². The summed E-state index contributed by atoms with van der Waals surface area (Å²) in [6.45, 7) is 0. The fourth-order valence-corrected chi connectivity index (χ4v) is 12.5. The van der Waals surface area contributed by atoms with Gasteiger partial charge in [0.25, 0.3) is 0 Å². The first kappa shape index (κ1) is 35.6. The van der Waals surface area contributed by atoms with Crippen molar-refractivity contribution in [3.05, 3.63) is 253 Å². The van der Waals surface area contributed by atoms with Crippen molar-refractivity contribution in [3.8, 4) is 39.1 Å². The van der Waals surface area contributed by atoms with Gasteiger partial charge in [-0.15, -0.1) is 11.3 Å². The van der Waals surface area contributed by atoms with Crippen molar-refractivity contribution in [1.82, 2.24) is 4.57 Å². The average molecular weight is 831 g/mol. The number of rotatable bonds is 5. The normalized spacial score (nSPS) is 13.1. The molecule has 3 heteroatoms. The number of fused-ring (bicyclic) bond motifs is 16. The lowest BCUT2D eigenvalue weighted by atomic mass is 9.70. The van der Waals surface area contributed by atoms with Crippen LogP contribution in [-0.4, -0.2) is 4.57 Å². The molecule has 0 aliphatic heterocycles. The van der Waals surface area contributed by atoms with Gasteiger partial charge in [-0.2, -0.15) is 0 Å². The molecule has 0 radical (unpaired) electrons. The van der Waals surface area contributed by atoms with Crippen molar-refractivity contribution >= 4 is 70.4 Å². The Kier molecular flexibility index (Phi) is 7.51. The van der Waals surface area contributed by atoms with Gasteiger partial charge in [0.1, 0.15) is 0 Å². The van der Waals surface area contributed by atoms with Crippen LogP contribution in [0.2, 0.25) is 0 Å². The molecule has 12 aromatic rings. The first-order valence-electron chi connectivity index (χ1n) is 22.1. The molecule has 0 amide bonds. The van der Waals surface area contributed by atoms with Gasteiger partial charge < -0.3 is 9.47 Å². The quantitative estimate of drug-likeness (QED) is 0.168. The Morgan fingerprint density at radius 3 is 1.50 bits per heavy atom. The van der Waals surface area contributed by atoms with Gasteiger partial charge in [-0.1, -0.05) is 164 Å². The van der Waals surface area contributed by atoms with Crippen LogP contribution in [0.4, 0.5) is 17.1 Å². The fraction of sp³-hybridized carbons (Fsp3) is 0.0164. The van der Waals surface area contributed by atoms with E-state index in [-0.39, 0.29) is 0 Å². The van der Waals surface area contributed by atoms with Gasteiger partial charge in [-0.05, 0) is 122 Å². The molecule has 2 aliphatic carbocycles. The molecule has 1 spiro atoms. The number of thiophene rings is 1. The Morgan fingerprint density at radius 2 is 0.844 bits per heavy atom. The Bertz CT molecular complexity index is 3740. The molecule has 0 bridgehead atoms. The first-order chi connectivity index (χ1) is 31.7. The van der Waals surface area contributed by atoms with Gasteiger partial charge in [-0.3, -0.25) is 0 Å². The molecule has 2 heterocycles. The van der Waals surface area contributed by atoms with E-state index in [0.29, 0.717) is 0 Å². The molecule has 298 valence electrons. The van der Waals surface area contributed by atoms with Gasteiger partial charge in [-0.25, -0.2) is 0 Å². The van der Waals surface area contributed by atoms with Crippen molar-refractivity contribution < 1.29 is 0 Å². The lowest BCUT2D eigenvalue weighted by molar-refractivity contribution is 0.793. The highest BCUT2D eigenvalue weighted by Gasteiger charge is 2.51. The van der Waals surface area contributed by atoms with Gasteiger partial charge in [0, 0.05) is 53.7 Å². The molecule has 0 N–H and O–H groups in total. The van der Waals surface area contributed by atoms with Gasteiger partial charge in [0.05, 0.1) is 16.4 Å². The SMILES string of the molecule is c1ccc(-c2ccc(N(c3ccc4c(c3)C3(c5ccccc5-c5ccccc53)c3ccccc3-4)c3ccc4c(c3)sc3ccc(-n5c6ccccc6c6ccccc65)cc34)cc2)cc1. The predicted molar refractivity (Wildman–Crippen MR) is 270 cm³/mol. The van der Waals surface area contributed by atoms with Gasteiger partial charge >= 0.3 is 0 Å². The minimum absolute atomic E-state index is 0.429. The van der Waals surface area contributed by atoms with Crippen molar-refractivity contribution in [2.75, 3.05) is 4.90 Å². The van der Waals surface area contributed by atoms with E-state index in [1.54, 1.807) is 0 Å². The van der Waals surface area contributed by atoms with Crippen LogP contribution < -0.4 is 4.90 Å². The van der Waals surface area contributed by atoms with Crippen molar-refractivity contribution in [1.29, 1.82) is 0 Å². The molecule has 0 fully saturated rings. The summed E-state index contributed by atoms with van der Waals surface area (Å²) in [6, 6.07) is 85.7. The van der Waals surface area contributed by atoms with E-state index in [4.69, 9.17) is 0 Å². The molecule has 2 aromatic heterocycles. The van der Waals surface area contributed by atoms with E-state index in [0.717, 1.165) is 17.1 Å². The monoisotopic (exact) mass is 830 g/mol. The molecule has 64 heavy (non-hydrogen) atoms. The molecular formula is C61H38N2S. The molecule has 10 aromatic carbocycles. The second-order valence-corrected chi connectivity index (χ2v) is 18.3. The van der Waals surface area contributed by atoms with Crippen LogP contribution in [-0.2, 0) is 5.41 Å². The zero-order chi connectivity index (χ0) is 41.9. The molecule has 2 nitrogen and oxygen atoms in total. The first-order valence-corrected chi connectivity index (χ1v) is 22.9. The van der Waals surface area contributed by atoms with E-state index < -0.39 is 5.41 Å². The van der Waals surface area contributed by atoms with Crippen molar-refractivity contribution in [3.63, 3.8) is 0 Å². The van der Waals surface area contributed by atoms with Crippen molar-refractivity contribution in [2.45, 2.75) is 5.41 Å². The minimum Gasteiger partial charge on any atom is -0.310 e. The zero-order valence-electron chi connectivity index (χ0n) is 34.7. The van der Waals surface area contributed by atoms with Crippen LogP contribution in [0.15, 0.2) is 231 Å². The van der Waals surface area contributed by atoms with Crippen LogP contribution >= 0.6 is 11.3 Å². The third kappa shape index (κ3) is 4.90. The summed E-state index contributed by atoms with van der Waals surface area (Å²) in [7, 11) is 0. The highest BCUT2D eigenvalue weighted by Crippen LogP contribution is 2.63. The van der Waals surface area contributed by atoms with Gasteiger partial charge in [0.2, 0.25) is 0 Å². The highest BCUT2D eigenvalue weighted by atomic mass is 32.1. The summed E-state index contributed by atoms with van der Waals surface area (Å²) < 4.78 is 4.97. The Morgan fingerprint density at radius 1 is 0.328 bits per heavy atom. The molecule has 2 aliphatic rings. The average Bonchev–Trinajstić information content (AvgIpc) is 4.08. The molecule has 0 atom stereocenters. The number of benzene rings is 10. The second-order valence-electron chi connectivity index (χ2n) is 17.2. The highest BCUT2D eigenvalue weighted by molar-refractivity contribution is 7.25. The number of para-hydroxylation sites is 2. The van der Waals surface area contributed by atoms with E-state index >= 15 is 0 Å². The third-order valence-electron chi connectivity index (χ3n) is 14.0. The summed E-state index contributed by atoms with van der Waals surface area (Å²) in [5.74, 6) is 0. The summed E-state index contributed by atoms with van der Waals surface area (Å²) in [6.07, 6.45) is 0. The lowest BCUT2D eigenvalue weighted by Crippen LogP contribution is -2.26. The Hall–Kier alpha value is -7.98. The summed E-state index contributed by atoms with van der Waals surface area (Å²) in [5, 5.41) is 5.10. The maximum atomic E-state index is 2.49. The zero-order valence-corrected chi connectivity index (χ0v) is 35.6. The fourth-order valence-electron chi connectivity index (χ4n) is 11.3. The van der Waals surface area contributed by atoms with E-state index in [2.05, 4.69) is 240 Å². The summed E-state index contributed by atoms with van der Waals surface area (Å²) in [5.41, 5.74) is 19.6. The molecule has 0 saturated heterocycles. The largest absolute Gasteiger partial charge is 0.310 e. The summed E-state index contributed by atoms with van der Waals surface area (Å²) in [4.78, 5) is 2.46. The van der Waals surface area contributed by atoms with E-state index in [1.807, 2.05) is 11.3 Å². The topological polar surface area (TPSA) is 8.17 Å². The van der Waals surface area contributed by atoms with Gasteiger partial charge in [0.15, 0.2) is 0 Å². The Labute approximate surface area is 375 Å². The molecule has 14 rings (SSSR count). The minimum atomic E-state index is -0.429. The number of hydrogen-bond acceptors (Lipinski definition) is 2. The van der Waals surface area contributed by atoms with Crippen LogP contribution in [0.5, 0.6) is 0 Å². The Balaban J connectivity index is 0.964. The second kappa shape index (κ2) is 13.5. The molecular weight excluding hydrogens is 793 g/mol. The van der Waals surface area contributed by atoms with E-state index in [9.17, 15) is 0 Å². The van der Waals surface area contributed by atoms with Crippen molar-refractivity contribution in [2.24, 2.45) is 0 Å².